The van der Waals surface area contributed by atoms with Gasteiger partial charge in [0.2, 0.25) is 11.8 Å². The first-order valence-corrected chi connectivity index (χ1v) is 31.3. The summed E-state index contributed by atoms with van der Waals surface area (Å²) in [6.07, 6.45) is -13.5. The zero-order chi connectivity index (χ0) is 61.7. The van der Waals surface area contributed by atoms with Crippen LogP contribution in [-0.2, 0) is 57.1 Å². The van der Waals surface area contributed by atoms with Crippen molar-refractivity contribution in [2.45, 2.75) is 129 Å². The highest BCUT2D eigenvalue weighted by atomic mass is 33.1. The Morgan fingerprint density at radius 1 is 0.671 bits per heavy atom. The third kappa shape index (κ3) is 24.6. The van der Waals surface area contributed by atoms with Gasteiger partial charge in [-0.3, -0.25) is 28.8 Å². The molecule has 1 aromatic rings. The Morgan fingerprint density at radius 2 is 1.27 bits per heavy atom. The highest BCUT2D eigenvalue weighted by molar-refractivity contribution is 8.76. The summed E-state index contributed by atoms with van der Waals surface area (Å²) < 4.78 is 44.1. The Morgan fingerprint density at radius 3 is 1.89 bits per heavy atom. The number of fused-ring (bicyclic) bond motifs is 1. The van der Waals surface area contributed by atoms with Gasteiger partial charge in [0.15, 0.2) is 18.6 Å². The molecule has 31 nitrogen and oxygen atoms in total. The Bertz CT molecular complexity index is 2200. The Hall–Kier alpha value is -4.44. The van der Waals surface area contributed by atoms with Gasteiger partial charge in [-0.05, 0) is 31.0 Å². The van der Waals surface area contributed by atoms with E-state index in [-0.39, 0.29) is 95.3 Å². The van der Waals surface area contributed by atoms with E-state index in [4.69, 9.17) is 43.0 Å². The standard InChI is InChI=1S/C51H81N7O24S3/c59-23-32-44(40(65)42(67)49(72)81-32)79-25-29(26-80-45-33(24-60)82-50(73)43(68)41(45)66)55-46(69)28-4-3-5-30(22-28)78-19-18-77-17-16-76-15-14-75-13-11-54-48(71)39(47(70)53-10-8-37(63)64)57-36(62)9-20-84-85-21-12-52-35(61)7-2-1-6-34-38-31(27-83-34)56-51(74)58-38/h3-5,22,29,31-34,38-45,49-50,59-60,65-68,72-73H,1-2,6-21,23-27H2,(H,52,61)(H,53,70)(H,54,71)(H,55,69)(H,57,62)(H,63,64)(H2,56,58,74). The molecule has 4 aliphatic heterocycles. The molecule has 0 radical (unpaired) electrons. The molecule has 0 bridgehead atoms. The number of carboxylic acid groups (broad SMARTS) is 1. The lowest BCUT2D eigenvalue weighted by molar-refractivity contribution is -0.299. The Kier molecular flexibility index (Phi) is 32.5. The van der Waals surface area contributed by atoms with Gasteiger partial charge in [0, 0.05) is 60.5 Å². The number of carbonyl (C=O) groups excluding carboxylic acids is 6. The molecular weight excluding hydrogens is 1190 g/mol. The summed E-state index contributed by atoms with van der Waals surface area (Å²) in [5.41, 5.74) is 0.109. The Balaban J connectivity index is 0.918. The molecule has 482 valence electrons. The van der Waals surface area contributed by atoms with Crippen LogP contribution in [0.25, 0.3) is 0 Å². The van der Waals surface area contributed by atoms with Crippen molar-refractivity contribution in [2.75, 3.05) is 110 Å². The second kappa shape index (κ2) is 38.8. The van der Waals surface area contributed by atoms with E-state index < -0.39 is 136 Å². The number of hydrogen-bond acceptors (Lipinski definition) is 26. The molecule has 7 amide bonds. The quantitative estimate of drug-likeness (QED) is 0.0126. The zero-order valence-electron chi connectivity index (χ0n) is 46.6. The third-order valence-electron chi connectivity index (χ3n) is 13.4. The van der Waals surface area contributed by atoms with Crippen molar-refractivity contribution in [3.05, 3.63) is 29.8 Å². The first kappa shape index (κ1) is 71.3. The lowest BCUT2D eigenvalue weighted by Crippen LogP contribution is -2.61. The first-order chi connectivity index (χ1) is 40.9. The van der Waals surface area contributed by atoms with Gasteiger partial charge in [0.25, 0.3) is 17.7 Å². The van der Waals surface area contributed by atoms with Crippen molar-refractivity contribution in [3.63, 3.8) is 0 Å². The number of thioether (sulfide) groups is 1. The summed E-state index contributed by atoms with van der Waals surface area (Å²) in [7, 11) is 2.84. The second-order valence-corrected chi connectivity index (χ2v) is 23.7. The average molecular weight is 1270 g/mol. The molecule has 16 N–H and O–H groups in total. The molecule has 0 saturated carbocycles. The smallest absolute Gasteiger partial charge is 0.315 e. The zero-order valence-corrected chi connectivity index (χ0v) is 49.1. The SMILES string of the molecule is O=C(O)CCNC(=O)C(NC(=O)CCSSCCNC(=O)CCCCC1SCC2NC(=O)NC21)C(=O)NCCOCCOCCOCCOc1cccc(C(=O)NC(COC2C(CO)OC(O)C(O)C2O)COC2C(CO)OC(O)C(O)C2O)c1. The summed E-state index contributed by atoms with van der Waals surface area (Å²) in [4.78, 5) is 87.0. The van der Waals surface area contributed by atoms with Crippen LogP contribution in [-0.4, -0.2) is 288 Å². The second-order valence-electron chi connectivity index (χ2n) is 19.8. The van der Waals surface area contributed by atoms with Gasteiger partial charge < -0.3 is 121 Å². The molecule has 0 aliphatic carbocycles. The number of aliphatic hydroxyl groups excluding tert-OH is 8. The van der Waals surface area contributed by atoms with Gasteiger partial charge in [-0.2, -0.15) is 11.8 Å². The van der Waals surface area contributed by atoms with Crippen LogP contribution in [0, 0.1) is 0 Å². The van der Waals surface area contributed by atoms with Crippen molar-refractivity contribution in [2.24, 2.45) is 0 Å². The van der Waals surface area contributed by atoms with Crippen molar-refractivity contribution in [1.29, 1.82) is 0 Å². The lowest BCUT2D eigenvalue weighted by atomic mass is 9.99. The summed E-state index contributed by atoms with van der Waals surface area (Å²) in [5.74, 6) is -2.05. The van der Waals surface area contributed by atoms with E-state index in [1.807, 2.05) is 11.8 Å². The topological polar surface area (TPSA) is 460 Å². The van der Waals surface area contributed by atoms with Crippen molar-refractivity contribution in [3.8, 4) is 5.75 Å². The van der Waals surface area contributed by atoms with Gasteiger partial charge in [-0.25, -0.2) is 4.79 Å². The van der Waals surface area contributed by atoms with Crippen LogP contribution in [0.2, 0.25) is 0 Å². The van der Waals surface area contributed by atoms with Crippen LogP contribution in [0.4, 0.5) is 4.79 Å². The van der Waals surface area contributed by atoms with Gasteiger partial charge in [0.05, 0.1) is 90.6 Å². The van der Waals surface area contributed by atoms with E-state index in [9.17, 15) is 74.4 Å². The monoisotopic (exact) mass is 1270 g/mol. The number of hydrogen-bond donors (Lipinski definition) is 16. The predicted octanol–water partition coefficient (Wildman–Crippen LogP) is -5.35. The lowest BCUT2D eigenvalue weighted by Gasteiger charge is -2.41. The fourth-order valence-corrected chi connectivity index (χ4v) is 12.4. The van der Waals surface area contributed by atoms with Gasteiger partial charge >= 0.3 is 12.0 Å². The van der Waals surface area contributed by atoms with Crippen LogP contribution in [0.3, 0.4) is 0 Å². The molecule has 14 unspecified atom stereocenters. The maximum atomic E-state index is 13.5. The number of carboxylic acids is 1. The summed E-state index contributed by atoms with van der Waals surface area (Å²) in [6, 6.07) is 3.49. The molecule has 14 atom stereocenters. The van der Waals surface area contributed by atoms with Gasteiger partial charge in [0.1, 0.15) is 61.2 Å². The van der Waals surface area contributed by atoms with Crippen LogP contribution >= 0.6 is 33.3 Å². The van der Waals surface area contributed by atoms with Crippen molar-refractivity contribution < 1.29 is 117 Å². The van der Waals surface area contributed by atoms with E-state index in [1.165, 1.54) is 33.7 Å². The third-order valence-corrected chi connectivity index (χ3v) is 17.3. The molecule has 34 heteroatoms. The van der Waals surface area contributed by atoms with Crippen molar-refractivity contribution in [1.82, 2.24) is 37.2 Å². The molecular formula is C51H81N7O24S3. The molecule has 5 rings (SSSR count). The first-order valence-electron chi connectivity index (χ1n) is 27.8. The van der Waals surface area contributed by atoms with Crippen molar-refractivity contribution >= 4 is 74.9 Å². The van der Waals surface area contributed by atoms with E-state index in [0.29, 0.717) is 35.5 Å². The highest BCUT2D eigenvalue weighted by Crippen LogP contribution is 2.33. The molecule has 4 fully saturated rings. The summed E-state index contributed by atoms with van der Waals surface area (Å²) in [5, 5.41) is 109. The normalized spacial score (nSPS) is 26.9. The molecule has 85 heavy (non-hydrogen) atoms. The number of amides is 7. The molecule has 4 saturated heterocycles. The van der Waals surface area contributed by atoms with Crippen LogP contribution in [0.5, 0.6) is 5.75 Å². The Labute approximate surface area is 502 Å². The number of unbranched alkanes of at least 4 members (excludes halogenated alkanes) is 1. The predicted molar refractivity (Wildman–Crippen MR) is 302 cm³/mol. The number of aliphatic hydroxyl groups is 8. The minimum Gasteiger partial charge on any atom is -0.491 e. The molecule has 1 aromatic carbocycles. The van der Waals surface area contributed by atoms with E-state index in [0.717, 1.165) is 25.0 Å². The van der Waals surface area contributed by atoms with Gasteiger partial charge in [-0.1, -0.05) is 34.1 Å². The maximum Gasteiger partial charge on any atom is 0.315 e. The average Bonchev–Trinajstić information content (AvgIpc) is 3.67. The van der Waals surface area contributed by atoms with E-state index in [1.54, 1.807) is 12.1 Å². The van der Waals surface area contributed by atoms with Crippen LogP contribution in [0.15, 0.2) is 24.3 Å². The molecule has 4 heterocycles. The maximum absolute atomic E-state index is 13.5. The van der Waals surface area contributed by atoms with Crippen LogP contribution < -0.4 is 42.0 Å². The van der Waals surface area contributed by atoms with Crippen LogP contribution in [0.1, 0.15) is 48.9 Å². The molecule has 4 aliphatic rings. The highest BCUT2D eigenvalue weighted by Gasteiger charge is 2.47. The van der Waals surface area contributed by atoms with E-state index >= 15 is 0 Å². The molecule has 0 aromatic heterocycles. The number of ether oxygens (including phenoxy) is 8. The van der Waals surface area contributed by atoms with Gasteiger partial charge in [-0.15, -0.1) is 0 Å². The largest absolute Gasteiger partial charge is 0.491 e. The summed E-state index contributed by atoms with van der Waals surface area (Å²) in [6.45, 7) is -1.31. The number of carbonyl (C=O) groups is 7. The number of aliphatic carboxylic acids is 1. The van der Waals surface area contributed by atoms with E-state index in [2.05, 4.69) is 37.2 Å². The number of nitrogens with one attached hydrogen (secondary N) is 7. The molecule has 0 spiro atoms. The number of benzene rings is 1. The number of rotatable bonds is 41. The number of urea groups is 1. The fourth-order valence-electron chi connectivity index (χ4n) is 8.96. The minimum atomic E-state index is -1.82. The fraction of sp³-hybridized carbons (Fsp3) is 0.745. The summed E-state index contributed by atoms with van der Waals surface area (Å²) >= 11 is 1.84. The minimum absolute atomic E-state index is 0.0261.